The lowest BCUT2D eigenvalue weighted by atomic mass is 10.2. The molecular weight excluding hydrogens is 186 g/mol. The van der Waals surface area contributed by atoms with E-state index in [0.29, 0.717) is 0 Å². The second-order valence-corrected chi connectivity index (χ2v) is 3.75. The SMILES string of the molecule is NCCCCCCNc1ccc(N)cc1. The summed E-state index contributed by atoms with van der Waals surface area (Å²) >= 11 is 0. The molecule has 3 heteroatoms. The highest BCUT2D eigenvalue weighted by atomic mass is 14.9. The highest BCUT2D eigenvalue weighted by Gasteiger charge is 1.91. The number of rotatable bonds is 7. The van der Waals surface area contributed by atoms with Gasteiger partial charge in [0, 0.05) is 17.9 Å². The van der Waals surface area contributed by atoms with Crippen molar-refractivity contribution < 1.29 is 0 Å². The molecule has 0 fully saturated rings. The van der Waals surface area contributed by atoms with Crippen molar-refractivity contribution in [1.82, 2.24) is 0 Å². The average molecular weight is 207 g/mol. The fourth-order valence-corrected chi connectivity index (χ4v) is 1.46. The number of hydrogen-bond acceptors (Lipinski definition) is 3. The Morgan fingerprint density at radius 2 is 1.60 bits per heavy atom. The molecule has 1 aromatic carbocycles. The summed E-state index contributed by atoms with van der Waals surface area (Å²) in [6, 6.07) is 7.85. The van der Waals surface area contributed by atoms with Crippen LogP contribution < -0.4 is 16.8 Å². The van der Waals surface area contributed by atoms with Gasteiger partial charge in [0.05, 0.1) is 0 Å². The standard InChI is InChI=1S/C12H21N3/c13-9-3-1-2-4-10-15-12-7-5-11(14)6-8-12/h5-8,15H,1-4,9-10,13-14H2. The Bertz CT molecular complexity index is 256. The van der Waals surface area contributed by atoms with Crippen LogP contribution in [0.25, 0.3) is 0 Å². The van der Waals surface area contributed by atoms with Crippen LogP contribution in [0.1, 0.15) is 25.7 Å². The molecule has 0 bridgehead atoms. The molecule has 0 aliphatic heterocycles. The minimum atomic E-state index is 0.809. The topological polar surface area (TPSA) is 64.1 Å². The lowest BCUT2D eigenvalue weighted by Gasteiger charge is -2.06. The molecule has 3 nitrogen and oxygen atoms in total. The molecule has 0 atom stereocenters. The van der Waals surface area contributed by atoms with E-state index < -0.39 is 0 Å². The minimum Gasteiger partial charge on any atom is -0.399 e. The molecule has 1 aromatic rings. The molecule has 0 radical (unpaired) electrons. The van der Waals surface area contributed by atoms with E-state index in [4.69, 9.17) is 11.5 Å². The average Bonchev–Trinajstić information content (AvgIpc) is 2.26. The van der Waals surface area contributed by atoms with E-state index in [1.54, 1.807) is 0 Å². The molecule has 0 amide bonds. The van der Waals surface area contributed by atoms with Gasteiger partial charge in [-0.25, -0.2) is 0 Å². The summed E-state index contributed by atoms with van der Waals surface area (Å²) in [5, 5.41) is 3.36. The smallest absolute Gasteiger partial charge is 0.0341 e. The fraction of sp³-hybridized carbons (Fsp3) is 0.500. The first-order valence-electron chi connectivity index (χ1n) is 5.62. The molecule has 0 aromatic heterocycles. The van der Waals surface area contributed by atoms with Crippen molar-refractivity contribution in [1.29, 1.82) is 0 Å². The Kier molecular flexibility index (Phi) is 5.63. The van der Waals surface area contributed by atoms with Gasteiger partial charge in [-0.15, -0.1) is 0 Å². The molecule has 84 valence electrons. The highest BCUT2D eigenvalue weighted by molar-refractivity contribution is 5.50. The first kappa shape index (κ1) is 11.9. The van der Waals surface area contributed by atoms with Crippen molar-refractivity contribution in [2.24, 2.45) is 5.73 Å². The number of nitrogen functional groups attached to an aromatic ring is 1. The number of nitrogens with one attached hydrogen (secondary N) is 1. The van der Waals surface area contributed by atoms with Crippen LogP contribution in [-0.2, 0) is 0 Å². The lowest BCUT2D eigenvalue weighted by Crippen LogP contribution is -2.02. The van der Waals surface area contributed by atoms with E-state index in [9.17, 15) is 0 Å². The summed E-state index contributed by atoms with van der Waals surface area (Å²) in [7, 11) is 0. The van der Waals surface area contributed by atoms with Gasteiger partial charge in [0.25, 0.3) is 0 Å². The minimum absolute atomic E-state index is 0.809. The normalized spacial score (nSPS) is 10.2. The van der Waals surface area contributed by atoms with Crippen LogP contribution in [0.15, 0.2) is 24.3 Å². The van der Waals surface area contributed by atoms with Gasteiger partial charge in [0.2, 0.25) is 0 Å². The molecule has 0 saturated heterocycles. The quantitative estimate of drug-likeness (QED) is 0.474. The molecule has 0 aliphatic rings. The molecule has 1 rings (SSSR count). The van der Waals surface area contributed by atoms with Crippen LogP contribution in [0.2, 0.25) is 0 Å². The van der Waals surface area contributed by atoms with E-state index in [1.165, 1.54) is 19.3 Å². The number of unbranched alkanes of at least 4 members (excludes halogenated alkanes) is 3. The van der Waals surface area contributed by atoms with Crippen molar-refractivity contribution in [3.8, 4) is 0 Å². The first-order chi connectivity index (χ1) is 7.33. The predicted molar refractivity (Wildman–Crippen MR) is 66.9 cm³/mol. The zero-order chi connectivity index (χ0) is 10.9. The molecule has 0 unspecified atom stereocenters. The van der Waals surface area contributed by atoms with Crippen molar-refractivity contribution in [3.05, 3.63) is 24.3 Å². The zero-order valence-corrected chi connectivity index (χ0v) is 9.21. The van der Waals surface area contributed by atoms with Crippen molar-refractivity contribution in [2.45, 2.75) is 25.7 Å². The fourth-order valence-electron chi connectivity index (χ4n) is 1.46. The third kappa shape index (κ3) is 5.27. The summed E-state index contributed by atoms with van der Waals surface area (Å²) in [5.41, 5.74) is 13.0. The number of benzene rings is 1. The third-order valence-electron chi connectivity index (χ3n) is 2.37. The van der Waals surface area contributed by atoms with Crippen LogP contribution in [0.5, 0.6) is 0 Å². The molecular formula is C12H21N3. The Morgan fingerprint density at radius 3 is 2.27 bits per heavy atom. The number of nitrogens with two attached hydrogens (primary N) is 2. The molecule has 0 spiro atoms. The van der Waals surface area contributed by atoms with E-state index in [0.717, 1.165) is 30.9 Å². The van der Waals surface area contributed by atoms with Gasteiger partial charge in [0.15, 0.2) is 0 Å². The van der Waals surface area contributed by atoms with Gasteiger partial charge >= 0.3 is 0 Å². The Balaban J connectivity index is 2.07. The summed E-state index contributed by atoms with van der Waals surface area (Å²) in [5.74, 6) is 0. The van der Waals surface area contributed by atoms with Crippen molar-refractivity contribution in [3.63, 3.8) is 0 Å². The first-order valence-corrected chi connectivity index (χ1v) is 5.62. The van der Waals surface area contributed by atoms with Gasteiger partial charge in [0.1, 0.15) is 0 Å². The molecule has 0 aliphatic carbocycles. The van der Waals surface area contributed by atoms with Crippen molar-refractivity contribution in [2.75, 3.05) is 24.1 Å². The van der Waals surface area contributed by atoms with Gasteiger partial charge in [-0.2, -0.15) is 0 Å². The lowest BCUT2D eigenvalue weighted by molar-refractivity contribution is 0.661. The van der Waals surface area contributed by atoms with Crippen LogP contribution in [0.4, 0.5) is 11.4 Å². The summed E-state index contributed by atoms with van der Waals surface area (Å²) < 4.78 is 0. The Hall–Kier alpha value is -1.22. The predicted octanol–water partition coefficient (Wildman–Crippen LogP) is 2.20. The van der Waals surface area contributed by atoms with Gasteiger partial charge in [-0.3, -0.25) is 0 Å². The third-order valence-corrected chi connectivity index (χ3v) is 2.37. The Labute approximate surface area is 91.9 Å². The monoisotopic (exact) mass is 207 g/mol. The summed E-state index contributed by atoms with van der Waals surface area (Å²) in [4.78, 5) is 0. The zero-order valence-electron chi connectivity index (χ0n) is 9.21. The maximum absolute atomic E-state index is 5.60. The van der Waals surface area contributed by atoms with E-state index >= 15 is 0 Å². The maximum atomic E-state index is 5.60. The largest absolute Gasteiger partial charge is 0.399 e. The highest BCUT2D eigenvalue weighted by Crippen LogP contribution is 2.10. The second-order valence-electron chi connectivity index (χ2n) is 3.75. The summed E-state index contributed by atoms with van der Waals surface area (Å²) in [6.07, 6.45) is 4.82. The van der Waals surface area contributed by atoms with Crippen LogP contribution >= 0.6 is 0 Å². The number of anilines is 2. The van der Waals surface area contributed by atoms with Gasteiger partial charge in [-0.05, 0) is 43.7 Å². The van der Waals surface area contributed by atoms with Crippen LogP contribution in [0.3, 0.4) is 0 Å². The van der Waals surface area contributed by atoms with Gasteiger partial charge < -0.3 is 16.8 Å². The number of hydrogen-bond donors (Lipinski definition) is 3. The van der Waals surface area contributed by atoms with Crippen molar-refractivity contribution >= 4 is 11.4 Å². The van der Waals surface area contributed by atoms with E-state index in [1.807, 2.05) is 24.3 Å². The molecule has 0 heterocycles. The molecule has 5 N–H and O–H groups in total. The van der Waals surface area contributed by atoms with E-state index in [-0.39, 0.29) is 0 Å². The van der Waals surface area contributed by atoms with Gasteiger partial charge in [-0.1, -0.05) is 12.8 Å². The van der Waals surface area contributed by atoms with Crippen LogP contribution in [0, 0.1) is 0 Å². The summed E-state index contributed by atoms with van der Waals surface area (Å²) in [6.45, 7) is 1.83. The molecule has 0 saturated carbocycles. The Morgan fingerprint density at radius 1 is 0.933 bits per heavy atom. The second kappa shape index (κ2) is 7.12. The maximum Gasteiger partial charge on any atom is 0.0341 e. The van der Waals surface area contributed by atoms with Crippen LogP contribution in [-0.4, -0.2) is 13.1 Å². The molecule has 15 heavy (non-hydrogen) atoms. The van der Waals surface area contributed by atoms with E-state index in [2.05, 4.69) is 5.32 Å².